The van der Waals surface area contributed by atoms with Crippen LogP contribution in [0.1, 0.15) is 19.3 Å². The Hall–Kier alpha value is -1.66. The number of ether oxygens (including phenoxy) is 1. The van der Waals surface area contributed by atoms with Gasteiger partial charge in [-0.2, -0.15) is 0 Å². The van der Waals surface area contributed by atoms with E-state index in [9.17, 15) is 4.79 Å². The number of amides is 1. The van der Waals surface area contributed by atoms with Gasteiger partial charge in [-0.3, -0.25) is 4.79 Å². The van der Waals surface area contributed by atoms with Gasteiger partial charge in [-0.15, -0.1) is 0 Å². The summed E-state index contributed by atoms with van der Waals surface area (Å²) in [4.78, 5) is 18.7. The maximum absolute atomic E-state index is 12.0. The molecule has 24 heavy (non-hydrogen) atoms. The van der Waals surface area contributed by atoms with Crippen molar-refractivity contribution < 1.29 is 9.53 Å². The Labute approximate surface area is 150 Å². The van der Waals surface area contributed by atoms with Crippen LogP contribution in [0.15, 0.2) is 34.8 Å². The van der Waals surface area contributed by atoms with Crippen LogP contribution in [0.25, 0.3) is 10.9 Å². The van der Waals surface area contributed by atoms with Crippen molar-refractivity contribution in [3.8, 4) is 0 Å². The average molecular weight is 392 g/mol. The highest BCUT2D eigenvalue weighted by molar-refractivity contribution is 9.10. The molecule has 1 aliphatic rings. The highest BCUT2D eigenvalue weighted by Crippen LogP contribution is 2.24. The summed E-state index contributed by atoms with van der Waals surface area (Å²) in [6, 6.07) is 10.5. The number of hydrogen-bond acceptors (Lipinski definition) is 4. The Bertz CT molecular complexity index is 714. The molecule has 1 aromatic carbocycles. The molecule has 0 aliphatic carbocycles. The molecular weight excluding hydrogens is 370 g/mol. The Morgan fingerprint density at radius 2 is 2.12 bits per heavy atom. The van der Waals surface area contributed by atoms with Gasteiger partial charge >= 0.3 is 0 Å². The molecule has 1 N–H and O–H groups in total. The number of rotatable bonds is 5. The third-order valence-corrected chi connectivity index (χ3v) is 5.03. The summed E-state index contributed by atoms with van der Waals surface area (Å²) in [7, 11) is 1.62. The molecule has 0 spiro atoms. The van der Waals surface area contributed by atoms with Gasteiger partial charge in [0, 0.05) is 36.1 Å². The predicted molar refractivity (Wildman–Crippen MR) is 99.2 cm³/mol. The van der Waals surface area contributed by atoms with Crippen molar-refractivity contribution >= 4 is 38.6 Å². The number of fused-ring (bicyclic) bond motifs is 1. The van der Waals surface area contributed by atoms with E-state index < -0.39 is 0 Å². The van der Waals surface area contributed by atoms with Crippen LogP contribution in [0, 0.1) is 0 Å². The van der Waals surface area contributed by atoms with Crippen molar-refractivity contribution in [3.63, 3.8) is 0 Å². The first-order valence-corrected chi connectivity index (χ1v) is 9.05. The van der Waals surface area contributed by atoms with E-state index in [0.29, 0.717) is 19.1 Å². The number of pyridine rings is 1. The number of benzene rings is 1. The first kappa shape index (κ1) is 17.2. The Morgan fingerprint density at radius 3 is 2.88 bits per heavy atom. The van der Waals surface area contributed by atoms with Crippen LogP contribution < -0.4 is 5.32 Å². The van der Waals surface area contributed by atoms with E-state index in [1.807, 2.05) is 23.1 Å². The fourth-order valence-corrected chi connectivity index (χ4v) is 3.49. The van der Waals surface area contributed by atoms with Gasteiger partial charge in [0.1, 0.15) is 5.82 Å². The largest absolute Gasteiger partial charge is 0.384 e. The third kappa shape index (κ3) is 4.05. The van der Waals surface area contributed by atoms with Gasteiger partial charge in [0.15, 0.2) is 0 Å². The fourth-order valence-electron chi connectivity index (χ4n) is 3.02. The number of carbonyl (C=O) groups is 1. The molecule has 0 unspecified atom stereocenters. The van der Waals surface area contributed by atoms with Crippen molar-refractivity contribution in [3.05, 3.63) is 34.8 Å². The lowest BCUT2D eigenvalue weighted by Gasteiger charge is -2.32. The molecule has 0 radical (unpaired) electrons. The zero-order valence-electron chi connectivity index (χ0n) is 13.8. The minimum absolute atomic E-state index is 0.183. The molecule has 5 nitrogen and oxygen atoms in total. The number of halogens is 1. The van der Waals surface area contributed by atoms with E-state index in [4.69, 9.17) is 9.72 Å². The van der Waals surface area contributed by atoms with Crippen LogP contribution in [0.2, 0.25) is 0 Å². The van der Waals surface area contributed by atoms with Gasteiger partial charge in [0.2, 0.25) is 5.91 Å². The molecule has 1 amide bonds. The number of carbonyl (C=O) groups excluding carboxylic acids is 1. The number of likely N-dealkylation sites (tertiary alicyclic amines) is 1. The molecule has 1 aliphatic heterocycles. The molecule has 0 bridgehead atoms. The smallest absolute Gasteiger partial charge is 0.224 e. The van der Waals surface area contributed by atoms with Crippen molar-refractivity contribution in [2.45, 2.75) is 25.3 Å². The standard InChI is InChI=1S/C18H22BrN3O2/c1-24-12-9-17(23)22-10-7-14(8-11-22)20-16-6-5-13-3-2-4-15(19)18(13)21-16/h2-6,14H,7-12H2,1H3,(H,20,21). The number of aromatic nitrogens is 1. The average Bonchev–Trinajstić information content (AvgIpc) is 2.61. The van der Waals surface area contributed by atoms with Gasteiger partial charge in [-0.05, 0) is 47.0 Å². The van der Waals surface area contributed by atoms with Gasteiger partial charge in [-0.1, -0.05) is 12.1 Å². The first-order chi connectivity index (χ1) is 11.7. The summed E-state index contributed by atoms with van der Waals surface area (Å²) < 4.78 is 5.98. The van der Waals surface area contributed by atoms with Crippen molar-refractivity contribution in [2.24, 2.45) is 0 Å². The SMILES string of the molecule is COCCC(=O)N1CCC(Nc2ccc3cccc(Br)c3n2)CC1. The van der Waals surface area contributed by atoms with Crippen LogP contribution in [-0.4, -0.2) is 48.6 Å². The molecular formula is C18H22BrN3O2. The lowest BCUT2D eigenvalue weighted by Crippen LogP contribution is -2.42. The van der Waals surface area contributed by atoms with E-state index >= 15 is 0 Å². The molecule has 1 fully saturated rings. The summed E-state index contributed by atoms with van der Waals surface area (Å²) in [6.07, 6.45) is 2.34. The summed E-state index contributed by atoms with van der Waals surface area (Å²) in [5, 5.41) is 4.63. The van der Waals surface area contributed by atoms with Crippen LogP contribution >= 0.6 is 15.9 Å². The van der Waals surface area contributed by atoms with Gasteiger partial charge in [-0.25, -0.2) is 4.98 Å². The van der Waals surface area contributed by atoms with Gasteiger partial charge < -0.3 is 15.0 Å². The fraction of sp³-hybridized carbons (Fsp3) is 0.444. The quantitative estimate of drug-likeness (QED) is 0.847. The van der Waals surface area contributed by atoms with Crippen molar-refractivity contribution in [2.75, 3.05) is 32.1 Å². The Kier molecular flexibility index (Phi) is 5.68. The van der Waals surface area contributed by atoms with Crippen LogP contribution in [0.3, 0.4) is 0 Å². The predicted octanol–water partition coefficient (Wildman–Crippen LogP) is 3.44. The second-order valence-electron chi connectivity index (χ2n) is 6.05. The maximum atomic E-state index is 12.0. The summed E-state index contributed by atoms with van der Waals surface area (Å²) in [6.45, 7) is 2.07. The molecule has 3 rings (SSSR count). The molecule has 2 heterocycles. The van der Waals surface area contributed by atoms with Crippen LogP contribution in [0.4, 0.5) is 5.82 Å². The van der Waals surface area contributed by atoms with E-state index in [1.54, 1.807) is 7.11 Å². The van der Waals surface area contributed by atoms with Crippen LogP contribution in [0.5, 0.6) is 0 Å². The normalized spacial score (nSPS) is 15.7. The monoisotopic (exact) mass is 391 g/mol. The lowest BCUT2D eigenvalue weighted by atomic mass is 10.0. The number of nitrogens with zero attached hydrogens (tertiary/aromatic N) is 2. The summed E-state index contributed by atoms with van der Waals surface area (Å²) in [5.74, 6) is 1.07. The Balaban J connectivity index is 1.58. The molecule has 0 saturated carbocycles. The third-order valence-electron chi connectivity index (χ3n) is 4.39. The van der Waals surface area contributed by atoms with Gasteiger partial charge in [0.25, 0.3) is 0 Å². The van der Waals surface area contributed by atoms with Crippen molar-refractivity contribution in [1.82, 2.24) is 9.88 Å². The molecule has 0 atom stereocenters. The number of methoxy groups -OCH3 is 1. The maximum Gasteiger partial charge on any atom is 0.224 e. The number of anilines is 1. The highest BCUT2D eigenvalue weighted by Gasteiger charge is 2.22. The minimum atomic E-state index is 0.183. The highest BCUT2D eigenvalue weighted by atomic mass is 79.9. The molecule has 1 aromatic heterocycles. The zero-order valence-corrected chi connectivity index (χ0v) is 15.4. The summed E-state index contributed by atoms with van der Waals surface area (Å²) in [5.41, 5.74) is 0.967. The lowest BCUT2D eigenvalue weighted by molar-refractivity contribution is -0.133. The first-order valence-electron chi connectivity index (χ1n) is 8.26. The zero-order chi connectivity index (χ0) is 16.9. The molecule has 6 heteroatoms. The number of nitrogens with one attached hydrogen (secondary N) is 1. The number of para-hydroxylation sites is 1. The second kappa shape index (κ2) is 7.94. The second-order valence-corrected chi connectivity index (χ2v) is 6.90. The number of piperidine rings is 1. The summed E-state index contributed by atoms with van der Waals surface area (Å²) >= 11 is 3.56. The van der Waals surface area contributed by atoms with Crippen molar-refractivity contribution in [1.29, 1.82) is 0 Å². The molecule has 128 valence electrons. The van der Waals surface area contributed by atoms with E-state index in [1.165, 1.54) is 0 Å². The minimum Gasteiger partial charge on any atom is -0.384 e. The van der Waals surface area contributed by atoms with E-state index in [0.717, 1.165) is 47.1 Å². The Morgan fingerprint density at radius 1 is 1.33 bits per heavy atom. The van der Waals surface area contributed by atoms with E-state index in [2.05, 4.69) is 33.4 Å². The molecule has 1 saturated heterocycles. The molecule has 2 aromatic rings. The van der Waals surface area contributed by atoms with Crippen LogP contribution in [-0.2, 0) is 9.53 Å². The topological polar surface area (TPSA) is 54.5 Å². The van der Waals surface area contributed by atoms with Gasteiger partial charge in [0.05, 0.1) is 18.5 Å². The van der Waals surface area contributed by atoms with E-state index in [-0.39, 0.29) is 5.91 Å². The number of hydrogen-bond donors (Lipinski definition) is 1.